The van der Waals surface area contributed by atoms with Gasteiger partial charge in [-0.2, -0.15) is 0 Å². The molecule has 0 saturated heterocycles. The molecule has 118 valence electrons. The van der Waals surface area contributed by atoms with E-state index in [1.54, 1.807) is 0 Å². The van der Waals surface area contributed by atoms with Crippen LogP contribution in [0.15, 0.2) is 48.7 Å². The number of rotatable bonds is 4. The Morgan fingerprint density at radius 2 is 2.00 bits per heavy atom. The van der Waals surface area contributed by atoms with Crippen molar-refractivity contribution in [2.75, 3.05) is 7.11 Å². The zero-order valence-electron chi connectivity index (χ0n) is 13.2. The first-order valence-corrected chi connectivity index (χ1v) is 7.47. The summed E-state index contributed by atoms with van der Waals surface area (Å²) in [7, 11) is 1.35. The van der Waals surface area contributed by atoms with Crippen molar-refractivity contribution in [3.63, 3.8) is 0 Å². The van der Waals surface area contributed by atoms with Crippen LogP contribution in [0.2, 0.25) is 0 Å². The minimum atomic E-state index is -0.720. The molecule has 5 nitrogen and oxygen atoms in total. The summed E-state index contributed by atoms with van der Waals surface area (Å²) in [5.41, 5.74) is 10.7. The normalized spacial score (nSPS) is 12.3. The van der Waals surface area contributed by atoms with Gasteiger partial charge in [0, 0.05) is 18.2 Å². The number of fused-ring (bicyclic) bond motifs is 1. The zero-order chi connectivity index (χ0) is 16.4. The van der Waals surface area contributed by atoms with Gasteiger partial charge in [0.15, 0.2) is 0 Å². The highest BCUT2D eigenvalue weighted by atomic mass is 16.5. The van der Waals surface area contributed by atoms with Gasteiger partial charge in [-0.25, -0.2) is 4.98 Å². The first-order chi connectivity index (χ1) is 11.1. The van der Waals surface area contributed by atoms with Gasteiger partial charge in [-0.15, -0.1) is 0 Å². The number of esters is 1. The molecule has 0 aliphatic heterocycles. The zero-order valence-corrected chi connectivity index (χ0v) is 13.2. The number of aromatic nitrogens is 2. The number of pyridine rings is 1. The molecule has 3 rings (SSSR count). The molecule has 0 bridgehead atoms. The van der Waals surface area contributed by atoms with Gasteiger partial charge in [0.2, 0.25) is 0 Å². The number of carbonyl (C=O) groups is 1. The second kappa shape index (κ2) is 6.22. The van der Waals surface area contributed by atoms with Crippen LogP contribution in [-0.4, -0.2) is 28.5 Å². The van der Waals surface area contributed by atoms with Gasteiger partial charge in [-0.05, 0) is 18.6 Å². The topological polar surface area (TPSA) is 69.6 Å². The van der Waals surface area contributed by atoms with Crippen LogP contribution >= 0.6 is 0 Å². The molecule has 1 atom stereocenters. The summed E-state index contributed by atoms with van der Waals surface area (Å²) in [5, 5.41) is 0. The molecule has 0 saturated carbocycles. The standard InChI is InChI=1S/C18H19N3O2/c1-12-7-6-10-21-15(11-14(19)18(22)23-2)16(20-17(12)21)13-8-4-3-5-9-13/h3-10,14H,11,19H2,1-2H3. The number of hydrogen-bond donors (Lipinski definition) is 1. The molecule has 2 heterocycles. The summed E-state index contributed by atoms with van der Waals surface area (Å²) in [4.78, 5) is 16.5. The summed E-state index contributed by atoms with van der Waals surface area (Å²) in [6.07, 6.45) is 2.31. The molecule has 0 radical (unpaired) electrons. The van der Waals surface area contributed by atoms with Crippen molar-refractivity contribution in [1.82, 2.24) is 9.38 Å². The second-order valence-corrected chi connectivity index (χ2v) is 5.49. The van der Waals surface area contributed by atoms with Gasteiger partial charge >= 0.3 is 5.97 Å². The number of carbonyl (C=O) groups excluding carboxylic acids is 1. The fourth-order valence-corrected chi connectivity index (χ4v) is 2.72. The Bertz CT molecular complexity index is 840. The van der Waals surface area contributed by atoms with E-state index in [1.165, 1.54) is 7.11 Å². The van der Waals surface area contributed by atoms with E-state index < -0.39 is 12.0 Å². The van der Waals surface area contributed by atoms with E-state index >= 15 is 0 Å². The Kier molecular flexibility index (Phi) is 4.12. The molecule has 3 aromatic rings. The third kappa shape index (κ3) is 2.83. The molecule has 23 heavy (non-hydrogen) atoms. The summed E-state index contributed by atoms with van der Waals surface area (Å²) < 4.78 is 6.75. The average molecular weight is 309 g/mol. The lowest BCUT2D eigenvalue weighted by Crippen LogP contribution is -2.34. The highest BCUT2D eigenvalue weighted by Gasteiger charge is 2.21. The Morgan fingerprint density at radius 1 is 1.26 bits per heavy atom. The van der Waals surface area contributed by atoms with Gasteiger partial charge in [-0.3, -0.25) is 4.79 Å². The third-order valence-corrected chi connectivity index (χ3v) is 3.91. The molecule has 1 aromatic carbocycles. The fourth-order valence-electron chi connectivity index (χ4n) is 2.72. The smallest absolute Gasteiger partial charge is 0.323 e. The van der Waals surface area contributed by atoms with Crippen LogP contribution in [0.1, 0.15) is 11.3 Å². The van der Waals surface area contributed by atoms with Crippen molar-refractivity contribution in [3.8, 4) is 11.3 Å². The lowest BCUT2D eigenvalue weighted by atomic mass is 10.1. The number of nitrogens with zero attached hydrogens (tertiary/aromatic N) is 2. The van der Waals surface area contributed by atoms with Crippen LogP contribution in [-0.2, 0) is 16.0 Å². The van der Waals surface area contributed by atoms with Crippen molar-refractivity contribution in [3.05, 3.63) is 59.9 Å². The molecule has 2 N–H and O–H groups in total. The molecule has 0 spiro atoms. The number of aryl methyl sites for hydroxylation is 1. The highest BCUT2D eigenvalue weighted by molar-refractivity contribution is 5.77. The number of methoxy groups -OCH3 is 1. The van der Waals surface area contributed by atoms with Gasteiger partial charge in [0.1, 0.15) is 11.7 Å². The van der Waals surface area contributed by atoms with Crippen LogP contribution in [0.25, 0.3) is 16.9 Å². The maximum Gasteiger partial charge on any atom is 0.323 e. The van der Waals surface area contributed by atoms with Crippen LogP contribution < -0.4 is 5.73 Å². The van der Waals surface area contributed by atoms with E-state index in [4.69, 9.17) is 15.5 Å². The summed E-state index contributed by atoms with van der Waals surface area (Å²) in [6, 6.07) is 13.2. The van der Waals surface area contributed by atoms with Crippen LogP contribution in [0, 0.1) is 6.92 Å². The Morgan fingerprint density at radius 3 is 2.70 bits per heavy atom. The van der Waals surface area contributed by atoms with Gasteiger partial charge < -0.3 is 14.9 Å². The molecule has 0 fully saturated rings. The number of hydrogen-bond acceptors (Lipinski definition) is 4. The van der Waals surface area contributed by atoms with E-state index in [-0.39, 0.29) is 0 Å². The first-order valence-electron chi connectivity index (χ1n) is 7.47. The first kappa shape index (κ1) is 15.2. The van der Waals surface area contributed by atoms with Crippen LogP contribution in [0.5, 0.6) is 0 Å². The molecule has 1 unspecified atom stereocenters. The molecule has 5 heteroatoms. The fraction of sp³-hybridized carbons (Fsp3) is 0.222. The Labute approximate surface area is 134 Å². The Hall–Kier alpha value is -2.66. The summed E-state index contributed by atoms with van der Waals surface area (Å²) >= 11 is 0. The quantitative estimate of drug-likeness (QED) is 0.751. The predicted octanol–water partition coefficient (Wildman–Crippen LogP) is 2.35. The monoisotopic (exact) mass is 309 g/mol. The van der Waals surface area contributed by atoms with Crippen molar-refractivity contribution in [1.29, 1.82) is 0 Å². The third-order valence-electron chi connectivity index (χ3n) is 3.91. The van der Waals surface area contributed by atoms with E-state index in [0.717, 1.165) is 28.2 Å². The summed E-state index contributed by atoms with van der Waals surface area (Å²) in [6.45, 7) is 2.02. The second-order valence-electron chi connectivity index (χ2n) is 5.49. The molecule has 2 aromatic heterocycles. The molecule has 0 aliphatic rings. The summed E-state index contributed by atoms with van der Waals surface area (Å²) in [5.74, 6) is -0.424. The lowest BCUT2D eigenvalue weighted by molar-refractivity contribution is -0.142. The van der Waals surface area contributed by atoms with Crippen molar-refractivity contribution < 1.29 is 9.53 Å². The van der Waals surface area contributed by atoms with Gasteiger partial charge in [0.05, 0.1) is 18.5 Å². The van der Waals surface area contributed by atoms with E-state index in [2.05, 4.69) is 0 Å². The van der Waals surface area contributed by atoms with Crippen LogP contribution in [0.4, 0.5) is 0 Å². The number of nitrogens with two attached hydrogens (primary N) is 1. The average Bonchev–Trinajstić information content (AvgIpc) is 2.95. The van der Waals surface area contributed by atoms with Gasteiger partial charge in [-0.1, -0.05) is 36.4 Å². The maximum atomic E-state index is 11.7. The SMILES string of the molecule is COC(=O)C(N)Cc1c(-c2ccccc2)nc2c(C)cccn12. The largest absolute Gasteiger partial charge is 0.468 e. The maximum absolute atomic E-state index is 11.7. The molecule has 0 amide bonds. The molecular formula is C18H19N3O2. The molecule has 0 aliphatic carbocycles. The van der Waals surface area contributed by atoms with E-state index in [0.29, 0.717) is 6.42 Å². The van der Waals surface area contributed by atoms with E-state index in [9.17, 15) is 4.79 Å². The number of benzene rings is 1. The minimum absolute atomic E-state index is 0.363. The van der Waals surface area contributed by atoms with Crippen molar-refractivity contribution >= 4 is 11.6 Å². The lowest BCUT2D eigenvalue weighted by Gasteiger charge is -2.11. The van der Waals surface area contributed by atoms with Crippen LogP contribution in [0.3, 0.4) is 0 Å². The van der Waals surface area contributed by atoms with E-state index in [1.807, 2.05) is 60.0 Å². The molecular weight excluding hydrogens is 290 g/mol. The van der Waals surface area contributed by atoms with Crippen molar-refractivity contribution in [2.24, 2.45) is 5.73 Å². The van der Waals surface area contributed by atoms with Gasteiger partial charge in [0.25, 0.3) is 0 Å². The van der Waals surface area contributed by atoms with Crippen molar-refractivity contribution in [2.45, 2.75) is 19.4 Å². The Balaban J connectivity index is 2.17. The highest BCUT2D eigenvalue weighted by Crippen LogP contribution is 2.26. The number of ether oxygens (including phenoxy) is 1. The number of imidazole rings is 1. The predicted molar refractivity (Wildman–Crippen MR) is 89.1 cm³/mol. The minimum Gasteiger partial charge on any atom is -0.468 e.